The smallest absolute Gasteiger partial charge is 0.243 e. The molecule has 0 aliphatic rings. The van der Waals surface area contributed by atoms with Crippen LogP contribution in [-0.2, 0) is 10.0 Å². The summed E-state index contributed by atoms with van der Waals surface area (Å²) in [5, 5.41) is 0. The van der Waals surface area contributed by atoms with Crippen molar-refractivity contribution in [3.8, 4) is 11.8 Å². The molecule has 0 saturated heterocycles. The molecule has 0 bridgehead atoms. The molecular weight excluding hydrogens is 272 g/mol. The maximum atomic E-state index is 12.5. The molecule has 1 aromatic rings. The number of sulfonamides is 1. The van der Waals surface area contributed by atoms with Gasteiger partial charge in [0, 0.05) is 18.7 Å². The Morgan fingerprint density at radius 2 is 2.10 bits per heavy atom. The van der Waals surface area contributed by atoms with Gasteiger partial charge in [-0.2, -0.15) is 4.31 Å². The van der Waals surface area contributed by atoms with Crippen LogP contribution in [0.5, 0.6) is 0 Å². The average Bonchev–Trinajstić information content (AvgIpc) is 2.44. The predicted molar refractivity (Wildman–Crippen MR) is 81.7 cm³/mol. The fourth-order valence-electron chi connectivity index (χ4n) is 1.89. The maximum absolute atomic E-state index is 12.5. The average molecular weight is 294 g/mol. The van der Waals surface area contributed by atoms with E-state index in [9.17, 15) is 8.42 Å². The molecule has 4 nitrogen and oxygen atoms in total. The highest BCUT2D eigenvalue weighted by molar-refractivity contribution is 7.89. The van der Waals surface area contributed by atoms with Crippen LogP contribution in [0.15, 0.2) is 29.2 Å². The molecule has 20 heavy (non-hydrogen) atoms. The van der Waals surface area contributed by atoms with Crippen LogP contribution in [-0.4, -0.2) is 32.4 Å². The first-order chi connectivity index (χ1) is 9.43. The van der Waals surface area contributed by atoms with E-state index in [4.69, 9.17) is 5.73 Å². The van der Waals surface area contributed by atoms with E-state index in [0.717, 1.165) is 12.8 Å². The van der Waals surface area contributed by atoms with Crippen LogP contribution in [0.1, 0.15) is 32.3 Å². The fourth-order valence-corrected chi connectivity index (χ4v) is 3.33. The van der Waals surface area contributed by atoms with Crippen LogP contribution in [0.2, 0.25) is 0 Å². The minimum Gasteiger partial charge on any atom is -0.320 e. The molecule has 0 aliphatic heterocycles. The van der Waals surface area contributed by atoms with Gasteiger partial charge in [-0.05, 0) is 31.5 Å². The van der Waals surface area contributed by atoms with Crippen molar-refractivity contribution in [1.29, 1.82) is 0 Å². The zero-order valence-corrected chi connectivity index (χ0v) is 13.1. The highest BCUT2D eigenvalue weighted by Crippen LogP contribution is 2.19. The lowest BCUT2D eigenvalue weighted by atomic mass is 10.2. The third-order valence-electron chi connectivity index (χ3n) is 3.17. The van der Waals surface area contributed by atoms with E-state index in [1.54, 1.807) is 31.3 Å². The molecule has 1 aromatic carbocycles. The monoisotopic (exact) mass is 294 g/mol. The van der Waals surface area contributed by atoms with Gasteiger partial charge in [0.25, 0.3) is 0 Å². The van der Waals surface area contributed by atoms with Crippen LogP contribution >= 0.6 is 0 Å². The molecule has 0 amide bonds. The third kappa shape index (κ3) is 4.07. The van der Waals surface area contributed by atoms with Gasteiger partial charge in [0.05, 0.1) is 11.4 Å². The molecular formula is C15H22N2O2S. The van der Waals surface area contributed by atoms with Crippen molar-refractivity contribution in [1.82, 2.24) is 4.31 Å². The molecule has 0 aromatic heterocycles. The summed E-state index contributed by atoms with van der Waals surface area (Å²) in [4.78, 5) is 0.270. The fraction of sp³-hybridized carbons (Fsp3) is 0.467. The Balaban J connectivity index is 3.09. The Bertz CT molecular complexity index is 600. The summed E-state index contributed by atoms with van der Waals surface area (Å²) in [5.74, 6) is 5.58. The highest BCUT2D eigenvalue weighted by Gasteiger charge is 2.24. The van der Waals surface area contributed by atoms with Crippen molar-refractivity contribution in [2.75, 3.05) is 13.6 Å². The van der Waals surface area contributed by atoms with Gasteiger partial charge in [-0.1, -0.05) is 31.3 Å². The molecule has 1 unspecified atom stereocenters. The molecule has 0 fully saturated rings. The molecule has 110 valence electrons. The number of benzene rings is 1. The van der Waals surface area contributed by atoms with Gasteiger partial charge in [-0.15, -0.1) is 0 Å². The van der Waals surface area contributed by atoms with E-state index in [1.165, 1.54) is 4.31 Å². The first kappa shape index (κ1) is 16.7. The Kier molecular flexibility index (Phi) is 6.21. The van der Waals surface area contributed by atoms with Gasteiger partial charge < -0.3 is 5.73 Å². The van der Waals surface area contributed by atoms with Crippen molar-refractivity contribution in [2.45, 2.75) is 37.6 Å². The van der Waals surface area contributed by atoms with Crippen molar-refractivity contribution >= 4 is 10.0 Å². The van der Waals surface area contributed by atoms with E-state index in [0.29, 0.717) is 5.56 Å². The van der Waals surface area contributed by atoms with Gasteiger partial charge in [-0.3, -0.25) is 0 Å². The molecule has 0 saturated carbocycles. The van der Waals surface area contributed by atoms with Crippen LogP contribution in [0, 0.1) is 11.8 Å². The Morgan fingerprint density at radius 3 is 2.70 bits per heavy atom. The van der Waals surface area contributed by atoms with Crippen LogP contribution < -0.4 is 5.73 Å². The normalized spacial score (nSPS) is 12.8. The van der Waals surface area contributed by atoms with Gasteiger partial charge in [0.2, 0.25) is 10.0 Å². The first-order valence-electron chi connectivity index (χ1n) is 6.70. The highest BCUT2D eigenvalue weighted by atomic mass is 32.2. The molecule has 1 rings (SSSR count). The summed E-state index contributed by atoms with van der Waals surface area (Å²) in [6, 6.07) is 6.64. The summed E-state index contributed by atoms with van der Waals surface area (Å²) in [6.45, 7) is 4.21. The zero-order valence-electron chi connectivity index (χ0n) is 12.3. The second-order valence-electron chi connectivity index (χ2n) is 4.69. The lowest BCUT2D eigenvalue weighted by Gasteiger charge is -2.24. The van der Waals surface area contributed by atoms with Crippen LogP contribution in [0.25, 0.3) is 0 Å². The van der Waals surface area contributed by atoms with Crippen molar-refractivity contribution in [3.05, 3.63) is 29.8 Å². The molecule has 0 heterocycles. The zero-order chi connectivity index (χ0) is 15.2. The van der Waals surface area contributed by atoms with Crippen molar-refractivity contribution in [3.63, 3.8) is 0 Å². The molecule has 1 atom stereocenters. The van der Waals surface area contributed by atoms with E-state index >= 15 is 0 Å². The maximum Gasteiger partial charge on any atom is 0.243 e. The molecule has 5 heteroatoms. The quantitative estimate of drug-likeness (QED) is 0.842. The molecule has 2 N–H and O–H groups in total. The van der Waals surface area contributed by atoms with Gasteiger partial charge in [-0.25, -0.2) is 8.42 Å². The lowest BCUT2D eigenvalue weighted by Crippen LogP contribution is -2.35. The summed E-state index contributed by atoms with van der Waals surface area (Å²) < 4.78 is 26.5. The Morgan fingerprint density at radius 1 is 1.40 bits per heavy atom. The SMILES string of the molecule is CCCC(C)N(C)S(=O)(=O)c1cccc(C#CCN)c1. The van der Waals surface area contributed by atoms with Gasteiger partial charge in [0.15, 0.2) is 0 Å². The number of rotatable bonds is 5. The standard InChI is InChI=1S/C15H22N2O2S/c1-4-7-13(2)17(3)20(18,19)15-10-5-8-14(12-15)9-6-11-16/h5,8,10,12-13H,4,7,11,16H2,1-3H3. The Labute approximate surface area is 122 Å². The van der Waals surface area contributed by atoms with E-state index < -0.39 is 10.0 Å². The second-order valence-corrected chi connectivity index (χ2v) is 6.69. The summed E-state index contributed by atoms with van der Waals surface area (Å²) in [7, 11) is -1.85. The predicted octanol–water partition coefficient (Wildman–Crippen LogP) is 1.81. The van der Waals surface area contributed by atoms with Crippen LogP contribution in [0.4, 0.5) is 0 Å². The number of nitrogens with two attached hydrogens (primary N) is 1. The van der Waals surface area contributed by atoms with Crippen molar-refractivity contribution < 1.29 is 8.42 Å². The summed E-state index contributed by atoms with van der Waals surface area (Å²) in [5.41, 5.74) is 5.98. The third-order valence-corrected chi connectivity index (χ3v) is 5.14. The second kappa shape index (κ2) is 7.44. The van der Waals surface area contributed by atoms with Gasteiger partial charge in [0.1, 0.15) is 0 Å². The number of hydrogen-bond acceptors (Lipinski definition) is 3. The van der Waals surface area contributed by atoms with E-state index in [-0.39, 0.29) is 17.5 Å². The largest absolute Gasteiger partial charge is 0.320 e. The number of hydrogen-bond donors (Lipinski definition) is 1. The summed E-state index contributed by atoms with van der Waals surface area (Å²) in [6.07, 6.45) is 1.78. The minimum atomic E-state index is -3.47. The van der Waals surface area contributed by atoms with Gasteiger partial charge >= 0.3 is 0 Å². The van der Waals surface area contributed by atoms with E-state index in [1.807, 2.05) is 13.8 Å². The number of nitrogens with zero attached hydrogens (tertiary/aromatic N) is 1. The molecule has 0 aliphatic carbocycles. The molecule has 0 spiro atoms. The first-order valence-corrected chi connectivity index (χ1v) is 8.14. The summed E-state index contributed by atoms with van der Waals surface area (Å²) >= 11 is 0. The topological polar surface area (TPSA) is 63.4 Å². The molecule has 0 radical (unpaired) electrons. The minimum absolute atomic E-state index is 0.0243. The van der Waals surface area contributed by atoms with E-state index in [2.05, 4.69) is 11.8 Å². The van der Waals surface area contributed by atoms with Crippen LogP contribution in [0.3, 0.4) is 0 Å². The Hall–Kier alpha value is -1.35. The lowest BCUT2D eigenvalue weighted by molar-refractivity contribution is 0.369. The van der Waals surface area contributed by atoms with Crippen molar-refractivity contribution in [2.24, 2.45) is 5.73 Å².